The Balaban J connectivity index is 0.00000133. The summed E-state index contributed by atoms with van der Waals surface area (Å²) in [6.07, 6.45) is 1.25. The molecule has 19 heavy (non-hydrogen) atoms. The third-order valence-corrected chi connectivity index (χ3v) is 5.01. The van der Waals surface area contributed by atoms with Crippen molar-refractivity contribution in [1.29, 1.82) is 0 Å². The molecule has 1 N–H and O–H groups in total. The Kier molecular flexibility index (Phi) is 5.36. The van der Waals surface area contributed by atoms with Crippen LogP contribution in [0.3, 0.4) is 0 Å². The van der Waals surface area contributed by atoms with Gasteiger partial charge in [0.25, 0.3) is 0 Å². The van der Waals surface area contributed by atoms with Crippen LogP contribution in [-0.4, -0.2) is 36.1 Å². The van der Waals surface area contributed by atoms with Gasteiger partial charge in [-0.3, -0.25) is 4.90 Å². The minimum Gasteiger partial charge on any atom is -0.315 e. The number of rotatable bonds is 4. The molecule has 1 atom stereocenters. The Labute approximate surface area is 128 Å². The molecule has 6 heteroatoms. The van der Waals surface area contributed by atoms with Crippen LogP contribution in [0.15, 0.2) is 22.2 Å². The standard InChI is InChI=1S/C13H17N3S2.ClH/c1-16(12-2-4-14-6-12)7-11-9-18-13(15-11)10-3-5-17-8-10;/h3,5,8-9,12,14H,2,4,6-7H2,1H3;1H. The molecular formula is C13H18ClN3S2. The number of thiazole rings is 1. The maximum Gasteiger partial charge on any atom is 0.124 e. The Morgan fingerprint density at radius 3 is 3.05 bits per heavy atom. The van der Waals surface area contributed by atoms with Crippen LogP contribution in [0.4, 0.5) is 0 Å². The predicted octanol–water partition coefficient (Wildman–Crippen LogP) is 3.09. The lowest BCUT2D eigenvalue weighted by molar-refractivity contribution is 0.246. The third kappa shape index (κ3) is 3.55. The summed E-state index contributed by atoms with van der Waals surface area (Å²) in [6.45, 7) is 3.21. The van der Waals surface area contributed by atoms with E-state index in [2.05, 4.69) is 39.5 Å². The highest BCUT2D eigenvalue weighted by Crippen LogP contribution is 2.26. The highest BCUT2D eigenvalue weighted by molar-refractivity contribution is 7.14. The second-order valence-corrected chi connectivity index (χ2v) is 6.36. The van der Waals surface area contributed by atoms with E-state index in [1.54, 1.807) is 22.7 Å². The molecule has 2 aromatic rings. The predicted molar refractivity (Wildman–Crippen MR) is 85.4 cm³/mol. The number of likely N-dealkylation sites (N-methyl/N-ethyl adjacent to an activating group) is 1. The highest BCUT2D eigenvalue weighted by atomic mass is 35.5. The minimum absolute atomic E-state index is 0. The van der Waals surface area contributed by atoms with Gasteiger partial charge in [0.05, 0.1) is 5.69 Å². The van der Waals surface area contributed by atoms with Crippen molar-refractivity contribution in [3.05, 3.63) is 27.9 Å². The van der Waals surface area contributed by atoms with Crippen molar-refractivity contribution >= 4 is 35.1 Å². The first-order valence-electron chi connectivity index (χ1n) is 6.21. The van der Waals surface area contributed by atoms with Gasteiger partial charge in [-0.25, -0.2) is 4.98 Å². The van der Waals surface area contributed by atoms with E-state index in [1.165, 1.54) is 17.7 Å². The van der Waals surface area contributed by atoms with Gasteiger partial charge in [-0.15, -0.1) is 23.7 Å². The fourth-order valence-corrected chi connectivity index (χ4v) is 3.82. The first-order valence-corrected chi connectivity index (χ1v) is 8.03. The van der Waals surface area contributed by atoms with Crippen molar-refractivity contribution in [2.75, 3.05) is 20.1 Å². The number of aromatic nitrogens is 1. The molecule has 0 aliphatic carbocycles. The van der Waals surface area contributed by atoms with Crippen LogP contribution in [-0.2, 0) is 6.54 Å². The highest BCUT2D eigenvalue weighted by Gasteiger charge is 2.19. The zero-order valence-electron chi connectivity index (χ0n) is 10.8. The van der Waals surface area contributed by atoms with Gasteiger partial charge in [0.2, 0.25) is 0 Å². The first kappa shape index (κ1) is 14.9. The zero-order valence-corrected chi connectivity index (χ0v) is 13.3. The minimum atomic E-state index is 0. The first-order chi connectivity index (χ1) is 8.83. The quantitative estimate of drug-likeness (QED) is 0.940. The molecule has 2 aromatic heterocycles. The van der Waals surface area contributed by atoms with E-state index < -0.39 is 0 Å². The molecule has 0 radical (unpaired) electrons. The van der Waals surface area contributed by atoms with Crippen molar-refractivity contribution in [2.45, 2.75) is 19.0 Å². The van der Waals surface area contributed by atoms with Gasteiger partial charge in [0, 0.05) is 35.5 Å². The molecule has 0 bridgehead atoms. The summed E-state index contributed by atoms with van der Waals surface area (Å²) in [5.41, 5.74) is 2.44. The molecule has 0 spiro atoms. The fourth-order valence-electron chi connectivity index (χ4n) is 2.30. The fraction of sp³-hybridized carbons (Fsp3) is 0.462. The lowest BCUT2D eigenvalue weighted by Crippen LogP contribution is -2.32. The van der Waals surface area contributed by atoms with E-state index in [-0.39, 0.29) is 12.4 Å². The van der Waals surface area contributed by atoms with Gasteiger partial charge < -0.3 is 5.32 Å². The molecule has 1 aliphatic heterocycles. The van der Waals surface area contributed by atoms with Gasteiger partial charge in [-0.05, 0) is 31.5 Å². The summed E-state index contributed by atoms with van der Waals surface area (Å²) >= 11 is 3.47. The summed E-state index contributed by atoms with van der Waals surface area (Å²) < 4.78 is 0. The van der Waals surface area contributed by atoms with Crippen LogP contribution in [0.2, 0.25) is 0 Å². The van der Waals surface area contributed by atoms with Crippen LogP contribution in [0.5, 0.6) is 0 Å². The Morgan fingerprint density at radius 2 is 2.37 bits per heavy atom. The van der Waals surface area contributed by atoms with Crippen LogP contribution < -0.4 is 5.32 Å². The number of hydrogen-bond acceptors (Lipinski definition) is 5. The van der Waals surface area contributed by atoms with Crippen molar-refractivity contribution in [1.82, 2.24) is 15.2 Å². The van der Waals surface area contributed by atoms with Crippen LogP contribution in [0, 0.1) is 0 Å². The van der Waals surface area contributed by atoms with Crippen molar-refractivity contribution < 1.29 is 0 Å². The van der Waals surface area contributed by atoms with Gasteiger partial charge in [-0.1, -0.05) is 0 Å². The summed E-state index contributed by atoms with van der Waals surface area (Å²) in [5.74, 6) is 0. The van der Waals surface area contributed by atoms with Crippen molar-refractivity contribution in [3.63, 3.8) is 0 Å². The molecule has 0 amide bonds. The van der Waals surface area contributed by atoms with Crippen molar-refractivity contribution in [2.24, 2.45) is 0 Å². The van der Waals surface area contributed by atoms with E-state index in [9.17, 15) is 0 Å². The molecule has 1 aliphatic rings. The summed E-state index contributed by atoms with van der Waals surface area (Å²) in [7, 11) is 2.20. The molecular weight excluding hydrogens is 298 g/mol. The molecule has 1 saturated heterocycles. The van der Waals surface area contributed by atoms with E-state index in [0.717, 1.165) is 24.6 Å². The van der Waals surface area contributed by atoms with Crippen LogP contribution >= 0.6 is 35.1 Å². The molecule has 0 aromatic carbocycles. The lowest BCUT2D eigenvalue weighted by Gasteiger charge is -2.22. The average Bonchev–Trinajstić information content (AvgIpc) is 3.12. The number of thiophene rings is 1. The van der Waals surface area contributed by atoms with Crippen LogP contribution in [0.25, 0.3) is 10.6 Å². The SMILES string of the molecule is CN(Cc1csc(-c2ccsc2)n1)C1CCNC1.Cl. The van der Waals surface area contributed by atoms with E-state index >= 15 is 0 Å². The molecule has 1 unspecified atom stereocenters. The average molecular weight is 316 g/mol. The normalized spacial score (nSPS) is 18.7. The third-order valence-electron chi connectivity index (χ3n) is 3.39. The van der Waals surface area contributed by atoms with Gasteiger partial charge >= 0.3 is 0 Å². The van der Waals surface area contributed by atoms with Gasteiger partial charge in [-0.2, -0.15) is 11.3 Å². The Hall–Kier alpha value is -0.460. The topological polar surface area (TPSA) is 28.2 Å². The second-order valence-electron chi connectivity index (χ2n) is 4.72. The molecule has 3 rings (SSSR count). The van der Waals surface area contributed by atoms with Crippen LogP contribution in [0.1, 0.15) is 12.1 Å². The van der Waals surface area contributed by atoms with Crippen molar-refractivity contribution in [3.8, 4) is 10.6 Å². The zero-order chi connectivity index (χ0) is 12.4. The number of nitrogens with zero attached hydrogens (tertiary/aromatic N) is 2. The smallest absolute Gasteiger partial charge is 0.124 e. The van der Waals surface area contributed by atoms with E-state index in [0.29, 0.717) is 6.04 Å². The Bertz CT molecular complexity index is 492. The largest absolute Gasteiger partial charge is 0.315 e. The number of halogens is 1. The molecule has 104 valence electrons. The monoisotopic (exact) mass is 315 g/mol. The van der Waals surface area contributed by atoms with E-state index in [4.69, 9.17) is 4.98 Å². The number of nitrogens with one attached hydrogen (secondary N) is 1. The molecule has 0 saturated carbocycles. The maximum absolute atomic E-state index is 4.73. The molecule has 3 heterocycles. The van der Waals surface area contributed by atoms with E-state index in [1.807, 2.05) is 0 Å². The summed E-state index contributed by atoms with van der Waals surface area (Å²) in [4.78, 5) is 7.14. The maximum atomic E-state index is 4.73. The lowest BCUT2D eigenvalue weighted by atomic mass is 10.2. The summed E-state index contributed by atoms with van der Waals surface area (Å²) in [5, 5.41) is 11.0. The van der Waals surface area contributed by atoms with Gasteiger partial charge in [0.15, 0.2) is 0 Å². The molecule has 3 nitrogen and oxygen atoms in total. The van der Waals surface area contributed by atoms with Gasteiger partial charge in [0.1, 0.15) is 5.01 Å². The number of hydrogen-bond donors (Lipinski definition) is 1. The second kappa shape index (κ2) is 6.81. The summed E-state index contributed by atoms with van der Waals surface area (Å²) in [6, 6.07) is 2.80. The Morgan fingerprint density at radius 1 is 1.47 bits per heavy atom. The molecule has 1 fully saturated rings.